The van der Waals surface area contributed by atoms with Crippen LogP contribution in [0.2, 0.25) is 5.02 Å². The lowest BCUT2D eigenvalue weighted by Gasteiger charge is -2.35. The lowest BCUT2D eigenvalue weighted by molar-refractivity contribution is 0.0601. The molecule has 0 unspecified atom stereocenters. The molecule has 17 heavy (non-hydrogen) atoms. The lowest BCUT2D eigenvalue weighted by Crippen LogP contribution is -2.32. The number of carbonyl (C=O) groups is 1. The second kappa shape index (κ2) is 4.38. The molecule has 0 amide bonds. The standard InChI is InChI=1S/C13H12ClNO2/c1-17-12(16)10-4-3-9(7-11(10)14)13(8-15)5-2-6-13/h3-4,7H,2,5-6H2,1H3. The molecule has 0 radical (unpaired) electrons. The van der Waals surface area contributed by atoms with E-state index in [-0.39, 0.29) is 0 Å². The van der Waals surface area contributed by atoms with Crippen LogP contribution < -0.4 is 0 Å². The van der Waals surface area contributed by atoms with Crippen LogP contribution >= 0.6 is 11.6 Å². The number of rotatable bonds is 2. The Morgan fingerprint density at radius 1 is 1.53 bits per heavy atom. The van der Waals surface area contributed by atoms with Crippen molar-refractivity contribution in [2.45, 2.75) is 24.7 Å². The van der Waals surface area contributed by atoms with Gasteiger partial charge < -0.3 is 4.74 Å². The zero-order chi connectivity index (χ0) is 12.5. The van der Waals surface area contributed by atoms with Crippen molar-refractivity contribution >= 4 is 17.6 Å². The maximum Gasteiger partial charge on any atom is 0.339 e. The Morgan fingerprint density at radius 2 is 2.24 bits per heavy atom. The van der Waals surface area contributed by atoms with E-state index in [1.54, 1.807) is 18.2 Å². The summed E-state index contributed by atoms with van der Waals surface area (Å²) < 4.78 is 4.62. The van der Waals surface area contributed by atoms with E-state index in [0.717, 1.165) is 24.8 Å². The summed E-state index contributed by atoms with van der Waals surface area (Å²) in [6.07, 6.45) is 2.78. The van der Waals surface area contributed by atoms with Gasteiger partial charge in [-0.05, 0) is 37.0 Å². The Balaban J connectivity index is 2.38. The van der Waals surface area contributed by atoms with Crippen molar-refractivity contribution in [1.82, 2.24) is 0 Å². The zero-order valence-corrected chi connectivity index (χ0v) is 10.3. The average molecular weight is 250 g/mol. The molecule has 0 bridgehead atoms. The van der Waals surface area contributed by atoms with Crippen LogP contribution in [0, 0.1) is 11.3 Å². The lowest BCUT2D eigenvalue weighted by atomic mass is 9.65. The molecule has 0 atom stereocenters. The highest BCUT2D eigenvalue weighted by atomic mass is 35.5. The van der Waals surface area contributed by atoms with Crippen LogP contribution in [0.15, 0.2) is 18.2 Å². The third-order valence-electron chi connectivity index (χ3n) is 3.35. The molecule has 1 aliphatic rings. The van der Waals surface area contributed by atoms with Gasteiger partial charge in [0.1, 0.15) is 0 Å². The number of halogens is 1. The van der Waals surface area contributed by atoms with Crippen molar-refractivity contribution in [3.63, 3.8) is 0 Å². The number of hydrogen-bond acceptors (Lipinski definition) is 3. The smallest absolute Gasteiger partial charge is 0.339 e. The quantitative estimate of drug-likeness (QED) is 0.757. The van der Waals surface area contributed by atoms with Gasteiger partial charge in [-0.1, -0.05) is 17.7 Å². The Kier molecular flexibility index (Phi) is 3.08. The summed E-state index contributed by atoms with van der Waals surface area (Å²) in [6, 6.07) is 7.47. The minimum atomic E-state index is -0.457. The molecular weight excluding hydrogens is 238 g/mol. The molecule has 0 saturated heterocycles. The molecule has 3 nitrogen and oxygen atoms in total. The minimum Gasteiger partial charge on any atom is -0.465 e. The Morgan fingerprint density at radius 3 is 2.65 bits per heavy atom. The molecule has 0 heterocycles. The van der Waals surface area contributed by atoms with E-state index in [1.807, 2.05) is 0 Å². The molecular formula is C13H12ClNO2. The maximum atomic E-state index is 11.4. The molecule has 4 heteroatoms. The van der Waals surface area contributed by atoms with Crippen molar-refractivity contribution < 1.29 is 9.53 Å². The Hall–Kier alpha value is -1.53. The number of carbonyl (C=O) groups excluding carboxylic acids is 1. The molecule has 1 aromatic carbocycles. The van der Waals surface area contributed by atoms with E-state index in [0.29, 0.717) is 10.6 Å². The molecule has 88 valence electrons. The first-order chi connectivity index (χ1) is 8.13. The molecule has 1 aliphatic carbocycles. The highest BCUT2D eigenvalue weighted by Crippen LogP contribution is 2.43. The van der Waals surface area contributed by atoms with Crippen molar-refractivity contribution in [3.05, 3.63) is 34.3 Å². The zero-order valence-electron chi connectivity index (χ0n) is 9.50. The topological polar surface area (TPSA) is 50.1 Å². The van der Waals surface area contributed by atoms with Gasteiger partial charge in [-0.25, -0.2) is 4.79 Å². The second-order valence-corrected chi connectivity index (χ2v) is 4.64. The van der Waals surface area contributed by atoms with Crippen molar-refractivity contribution in [2.75, 3.05) is 7.11 Å². The molecule has 0 aliphatic heterocycles. The van der Waals surface area contributed by atoms with Gasteiger partial charge in [-0.3, -0.25) is 0 Å². The fourth-order valence-corrected chi connectivity index (χ4v) is 2.34. The summed E-state index contributed by atoms with van der Waals surface area (Å²) in [4.78, 5) is 11.4. The van der Waals surface area contributed by atoms with Crippen LogP contribution in [0.1, 0.15) is 35.2 Å². The highest BCUT2D eigenvalue weighted by molar-refractivity contribution is 6.33. The first kappa shape index (κ1) is 11.9. The van der Waals surface area contributed by atoms with Gasteiger partial charge in [-0.15, -0.1) is 0 Å². The van der Waals surface area contributed by atoms with E-state index >= 15 is 0 Å². The van der Waals surface area contributed by atoms with Gasteiger partial charge in [-0.2, -0.15) is 5.26 Å². The van der Waals surface area contributed by atoms with Crippen LogP contribution in [0.4, 0.5) is 0 Å². The van der Waals surface area contributed by atoms with Gasteiger partial charge >= 0.3 is 5.97 Å². The van der Waals surface area contributed by atoms with Crippen LogP contribution in [0.5, 0.6) is 0 Å². The first-order valence-corrected chi connectivity index (χ1v) is 5.80. The third-order valence-corrected chi connectivity index (χ3v) is 3.66. The first-order valence-electron chi connectivity index (χ1n) is 5.42. The molecule has 2 rings (SSSR count). The summed E-state index contributed by atoms with van der Waals surface area (Å²) in [6.45, 7) is 0. The predicted octanol–water partition coefficient (Wildman–Crippen LogP) is 3.07. The Labute approximate surface area is 105 Å². The van der Waals surface area contributed by atoms with E-state index in [1.165, 1.54) is 7.11 Å². The van der Waals surface area contributed by atoms with Crippen LogP contribution in [-0.4, -0.2) is 13.1 Å². The third kappa shape index (κ3) is 1.89. The highest BCUT2D eigenvalue weighted by Gasteiger charge is 2.39. The number of ether oxygens (including phenoxy) is 1. The van der Waals surface area contributed by atoms with E-state index in [2.05, 4.69) is 10.8 Å². The fourth-order valence-electron chi connectivity index (χ4n) is 2.08. The van der Waals surface area contributed by atoms with Crippen molar-refractivity contribution in [1.29, 1.82) is 5.26 Å². The monoisotopic (exact) mass is 249 g/mol. The molecule has 0 N–H and O–H groups in total. The number of nitriles is 1. The van der Waals surface area contributed by atoms with Crippen LogP contribution in [0.3, 0.4) is 0 Å². The summed E-state index contributed by atoms with van der Waals surface area (Å²) in [7, 11) is 1.31. The normalized spacial score (nSPS) is 16.8. The number of hydrogen-bond donors (Lipinski definition) is 0. The molecule has 1 aromatic rings. The average Bonchev–Trinajstić information content (AvgIpc) is 2.28. The van der Waals surface area contributed by atoms with Crippen LogP contribution in [0.25, 0.3) is 0 Å². The molecule has 0 aromatic heterocycles. The van der Waals surface area contributed by atoms with Crippen molar-refractivity contribution in [2.24, 2.45) is 0 Å². The molecule has 1 fully saturated rings. The van der Waals surface area contributed by atoms with Gasteiger partial charge in [0.2, 0.25) is 0 Å². The summed E-state index contributed by atoms with van der Waals surface area (Å²) in [5, 5.41) is 9.56. The number of nitrogens with zero attached hydrogens (tertiary/aromatic N) is 1. The summed E-state index contributed by atoms with van der Waals surface area (Å²) in [5.74, 6) is -0.457. The predicted molar refractivity (Wildman–Crippen MR) is 63.9 cm³/mol. The van der Waals surface area contributed by atoms with Gasteiger partial charge in [0, 0.05) is 0 Å². The van der Waals surface area contributed by atoms with E-state index in [9.17, 15) is 10.1 Å². The van der Waals surface area contributed by atoms with Crippen LogP contribution in [-0.2, 0) is 10.2 Å². The SMILES string of the molecule is COC(=O)c1ccc(C2(C#N)CCC2)cc1Cl. The fraction of sp³-hybridized carbons (Fsp3) is 0.385. The Bertz CT molecular complexity index is 501. The number of benzene rings is 1. The summed E-state index contributed by atoms with van der Waals surface area (Å²) >= 11 is 6.04. The van der Waals surface area contributed by atoms with Crippen molar-refractivity contribution in [3.8, 4) is 6.07 Å². The largest absolute Gasteiger partial charge is 0.465 e. The number of esters is 1. The van der Waals surface area contributed by atoms with Gasteiger partial charge in [0.15, 0.2) is 0 Å². The van der Waals surface area contributed by atoms with E-state index < -0.39 is 11.4 Å². The van der Waals surface area contributed by atoms with Gasteiger partial charge in [0.05, 0.1) is 29.2 Å². The maximum absolute atomic E-state index is 11.4. The molecule has 0 spiro atoms. The minimum absolute atomic E-state index is 0.338. The summed E-state index contributed by atoms with van der Waals surface area (Å²) in [5.41, 5.74) is 0.826. The number of methoxy groups -OCH3 is 1. The molecule has 1 saturated carbocycles. The second-order valence-electron chi connectivity index (χ2n) is 4.23. The van der Waals surface area contributed by atoms with E-state index in [4.69, 9.17) is 11.6 Å². The van der Waals surface area contributed by atoms with Gasteiger partial charge in [0.25, 0.3) is 0 Å².